The molecule has 0 aliphatic carbocycles. The van der Waals surface area contributed by atoms with E-state index in [1.807, 2.05) is 18.2 Å². The van der Waals surface area contributed by atoms with Crippen LogP contribution >= 0.6 is 0 Å². The van der Waals surface area contributed by atoms with E-state index >= 15 is 0 Å². The van der Waals surface area contributed by atoms with E-state index < -0.39 is 16.3 Å². The van der Waals surface area contributed by atoms with Gasteiger partial charge < -0.3 is 10.0 Å². The molecule has 27 heavy (non-hydrogen) atoms. The lowest BCUT2D eigenvalue weighted by Gasteiger charge is -2.39. The molecule has 0 bridgehead atoms. The van der Waals surface area contributed by atoms with Gasteiger partial charge in [0, 0.05) is 30.8 Å². The Labute approximate surface area is 156 Å². The quantitative estimate of drug-likeness (QED) is 0.660. The summed E-state index contributed by atoms with van der Waals surface area (Å²) in [6.07, 6.45) is 0.595. The molecule has 1 heterocycles. The van der Waals surface area contributed by atoms with Crippen LogP contribution in [0.3, 0.4) is 0 Å². The summed E-state index contributed by atoms with van der Waals surface area (Å²) in [4.78, 5) is 36.9. The molecule has 0 atom stereocenters. The fraction of sp³-hybridized carbons (Fsp3) is 0.300. The predicted molar refractivity (Wildman–Crippen MR) is 98.7 cm³/mol. The first-order valence-corrected chi connectivity index (χ1v) is 8.68. The minimum Gasteiger partial charge on any atom is -0.481 e. The minimum atomic E-state index is -1.02. The molecule has 3 rings (SSSR count). The van der Waals surface area contributed by atoms with E-state index in [1.165, 1.54) is 12.1 Å². The Hall–Kier alpha value is -3.22. The number of nitro groups is 1. The van der Waals surface area contributed by atoms with Crippen LogP contribution in [0.25, 0.3) is 0 Å². The number of carboxylic acids is 1. The predicted octanol–water partition coefficient (Wildman–Crippen LogP) is 3.16. The first-order valence-electron chi connectivity index (χ1n) is 8.68. The Balaban J connectivity index is 1.82. The van der Waals surface area contributed by atoms with Crippen LogP contribution in [-0.2, 0) is 10.2 Å². The molecule has 0 unspecified atom stereocenters. The fourth-order valence-electron chi connectivity index (χ4n) is 3.65. The van der Waals surface area contributed by atoms with Gasteiger partial charge in [0.05, 0.1) is 10.3 Å². The van der Waals surface area contributed by atoms with Crippen molar-refractivity contribution in [3.05, 3.63) is 75.3 Å². The summed E-state index contributed by atoms with van der Waals surface area (Å²) in [5, 5.41) is 20.9. The molecule has 1 amide bonds. The van der Waals surface area contributed by atoms with Gasteiger partial charge in [-0.3, -0.25) is 19.7 Å². The van der Waals surface area contributed by atoms with Gasteiger partial charge >= 0.3 is 5.97 Å². The first kappa shape index (κ1) is 18.6. The number of piperidine rings is 1. The number of hydrogen-bond donors (Lipinski definition) is 1. The average Bonchev–Trinajstić information content (AvgIpc) is 2.67. The molecule has 2 aromatic carbocycles. The lowest BCUT2D eigenvalue weighted by molar-refractivity contribution is -0.384. The third kappa shape index (κ3) is 3.53. The zero-order chi connectivity index (χ0) is 19.6. The van der Waals surface area contributed by atoms with Crippen molar-refractivity contribution in [3.8, 4) is 0 Å². The van der Waals surface area contributed by atoms with E-state index in [-0.39, 0.29) is 30.2 Å². The molecular formula is C20H20N2O5. The van der Waals surface area contributed by atoms with Gasteiger partial charge in [0.25, 0.3) is 11.6 Å². The summed E-state index contributed by atoms with van der Waals surface area (Å²) in [5.74, 6) is -1.21. The molecule has 1 fully saturated rings. The Morgan fingerprint density at radius 2 is 1.74 bits per heavy atom. The van der Waals surface area contributed by atoms with Gasteiger partial charge in [0.15, 0.2) is 0 Å². The molecule has 1 saturated heterocycles. The third-order valence-electron chi connectivity index (χ3n) is 5.16. The van der Waals surface area contributed by atoms with Crippen molar-refractivity contribution in [2.24, 2.45) is 0 Å². The normalized spacial score (nSPS) is 16.0. The maximum Gasteiger partial charge on any atom is 0.314 e. The molecular weight excluding hydrogens is 348 g/mol. The highest BCUT2D eigenvalue weighted by Gasteiger charge is 2.44. The van der Waals surface area contributed by atoms with E-state index in [0.29, 0.717) is 18.4 Å². The molecule has 0 saturated carbocycles. The van der Waals surface area contributed by atoms with Crippen molar-refractivity contribution < 1.29 is 19.6 Å². The fourth-order valence-corrected chi connectivity index (χ4v) is 3.65. The zero-order valence-corrected chi connectivity index (χ0v) is 14.9. The number of nitro benzene ring substituents is 1. The summed E-state index contributed by atoms with van der Waals surface area (Å²) < 4.78 is 0. The van der Waals surface area contributed by atoms with Crippen molar-refractivity contribution in [2.75, 3.05) is 13.1 Å². The minimum absolute atomic E-state index is 0.125. The lowest BCUT2D eigenvalue weighted by atomic mass is 9.72. The van der Waals surface area contributed by atoms with Crippen molar-refractivity contribution in [3.63, 3.8) is 0 Å². The van der Waals surface area contributed by atoms with Gasteiger partial charge in [-0.15, -0.1) is 0 Å². The zero-order valence-electron chi connectivity index (χ0n) is 14.9. The molecule has 7 heteroatoms. The standard InChI is InChI=1S/C20H20N2O5/c1-14-11-15(13-17(12-14)22(26)27)18(23)21-9-7-20(8-10-21,19(24)25)16-5-3-2-4-6-16/h2-6,11-13H,7-10H2,1H3,(H,24,25). The van der Waals surface area contributed by atoms with E-state index in [4.69, 9.17) is 0 Å². The number of hydrogen-bond acceptors (Lipinski definition) is 4. The molecule has 1 aliphatic heterocycles. The number of carboxylic acid groups (broad SMARTS) is 1. The third-order valence-corrected chi connectivity index (χ3v) is 5.16. The topological polar surface area (TPSA) is 101 Å². The Morgan fingerprint density at radius 3 is 2.30 bits per heavy atom. The number of nitrogens with zero attached hydrogens (tertiary/aromatic N) is 2. The second kappa shape index (κ2) is 7.19. The molecule has 0 aromatic heterocycles. The van der Waals surface area contributed by atoms with Crippen molar-refractivity contribution in [1.82, 2.24) is 4.90 Å². The number of rotatable bonds is 4. The van der Waals surface area contributed by atoms with Crippen LogP contribution in [0.1, 0.15) is 34.3 Å². The number of aliphatic carboxylic acids is 1. The van der Waals surface area contributed by atoms with Crippen LogP contribution in [0.5, 0.6) is 0 Å². The SMILES string of the molecule is Cc1cc(C(=O)N2CCC(C(=O)O)(c3ccccc3)CC2)cc([N+](=O)[O-])c1. The van der Waals surface area contributed by atoms with Crippen LogP contribution in [0.4, 0.5) is 5.69 Å². The summed E-state index contributed by atoms with van der Waals surface area (Å²) in [5.41, 5.74) is 0.477. The van der Waals surface area contributed by atoms with Gasteiger partial charge in [-0.2, -0.15) is 0 Å². The number of likely N-dealkylation sites (tertiary alicyclic amines) is 1. The highest BCUT2D eigenvalue weighted by molar-refractivity contribution is 5.95. The van der Waals surface area contributed by atoms with Crippen LogP contribution in [0.15, 0.2) is 48.5 Å². The first-order chi connectivity index (χ1) is 12.8. The van der Waals surface area contributed by atoms with Gasteiger partial charge in [-0.25, -0.2) is 0 Å². The van der Waals surface area contributed by atoms with Gasteiger partial charge in [0.1, 0.15) is 0 Å². The van der Waals surface area contributed by atoms with E-state index in [1.54, 1.807) is 30.0 Å². The van der Waals surface area contributed by atoms with Crippen LogP contribution in [0, 0.1) is 17.0 Å². The maximum atomic E-state index is 12.8. The number of benzene rings is 2. The largest absolute Gasteiger partial charge is 0.481 e. The molecule has 140 valence electrons. The van der Waals surface area contributed by atoms with E-state index in [2.05, 4.69) is 0 Å². The smallest absolute Gasteiger partial charge is 0.314 e. The van der Waals surface area contributed by atoms with Crippen molar-refractivity contribution in [2.45, 2.75) is 25.2 Å². The number of carbonyl (C=O) groups excluding carboxylic acids is 1. The number of non-ortho nitro benzene ring substituents is 1. The lowest BCUT2D eigenvalue weighted by Crippen LogP contribution is -2.49. The average molecular weight is 368 g/mol. The monoisotopic (exact) mass is 368 g/mol. The van der Waals surface area contributed by atoms with E-state index in [0.717, 1.165) is 5.56 Å². The number of aryl methyl sites for hydroxylation is 1. The summed E-state index contributed by atoms with van der Waals surface area (Å²) >= 11 is 0. The second-order valence-corrected chi connectivity index (χ2v) is 6.86. The number of amides is 1. The Morgan fingerprint density at radius 1 is 1.11 bits per heavy atom. The highest BCUT2D eigenvalue weighted by atomic mass is 16.6. The van der Waals surface area contributed by atoms with Crippen LogP contribution in [0.2, 0.25) is 0 Å². The summed E-state index contributed by atoms with van der Waals surface area (Å²) in [6, 6.07) is 13.4. The molecule has 1 aliphatic rings. The van der Waals surface area contributed by atoms with Gasteiger partial charge in [-0.05, 0) is 37.0 Å². The molecule has 2 aromatic rings. The summed E-state index contributed by atoms with van der Waals surface area (Å²) in [7, 11) is 0. The molecule has 0 radical (unpaired) electrons. The van der Waals surface area contributed by atoms with Crippen LogP contribution in [-0.4, -0.2) is 39.9 Å². The van der Waals surface area contributed by atoms with Crippen LogP contribution < -0.4 is 0 Å². The second-order valence-electron chi connectivity index (χ2n) is 6.86. The Kier molecular flexibility index (Phi) is 4.94. The molecule has 7 nitrogen and oxygen atoms in total. The maximum absolute atomic E-state index is 12.8. The molecule has 1 N–H and O–H groups in total. The van der Waals surface area contributed by atoms with E-state index in [9.17, 15) is 24.8 Å². The Bertz CT molecular complexity index is 887. The summed E-state index contributed by atoms with van der Waals surface area (Å²) in [6.45, 7) is 2.26. The number of carbonyl (C=O) groups is 2. The highest BCUT2D eigenvalue weighted by Crippen LogP contribution is 2.36. The van der Waals surface area contributed by atoms with Crippen molar-refractivity contribution >= 4 is 17.6 Å². The van der Waals surface area contributed by atoms with Crippen molar-refractivity contribution in [1.29, 1.82) is 0 Å². The molecule has 0 spiro atoms. The van der Waals surface area contributed by atoms with Gasteiger partial charge in [0.2, 0.25) is 0 Å². The van der Waals surface area contributed by atoms with Gasteiger partial charge in [-0.1, -0.05) is 30.3 Å².